The molecule has 41 nitrogen and oxygen atoms in total. The highest BCUT2D eigenvalue weighted by molar-refractivity contribution is 7.97. The second kappa shape index (κ2) is 39.3. The smallest absolute Gasteiger partial charge is 0.336 e. The Morgan fingerprint density at radius 2 is 0.976 bits per heavy atom. The van der Waals surface area contributed by atoms with Crippen LogP contribution in [0, 0.1) is 0 Å². The lowest BCUT2D eigenvalue weighted by Crippen LogP contribution is -2.29. The maximum atomic E-state index is 13.5. The number of carbonyl (C=O) groups is 9. The number of nitrogens with one attached hydrogen (secondary N) is 9. The van der Waals surface area contributed by atoms with E-state index in [0.717, 1.165) is 0 Å². The number of aliphatic hydroxyl groups is 3. The first-order valence-electron chi connectivity index (χ1n) is 39.0. The first kappa shape index (κ1) is 88.7. The highest BCUT2D eigenvalue weighted by Crippen LogP contribution is 2.43. The van der Waals surface area contributed by atoms with Gasteiger partial charge in [0, 0.05) is 192 Å². The lowest BCUT2D eigenvalue weighted by atomic mass is 9.90. The van der Waals surface area contributed by atoms with Crippen molar-refractivity contribution < 1.29 is 73.1 Å². The van der Waals surface area contributed by atoms with E-state index in [4.69, 9.17) is 4.42 Å². The predicted molar refractivity (Wildman–Crippen MR) is 470 cm³/mol. The molecule has 12 rings (SSSR count). The number of aliphatic hydroxyl groups excluding tert-OH is 3. The van der Waals surface area contributed by atoms with E-state index in [1.54, 1.807) is 110 Å². The zero-order valence-corrected chi connectivity index (χ0v) is 70.2. The fraction of sp³-hybridized carbons (Fsp3) is 0.265. The predicted octanol–water partition coefficient (Wildman–Crippen LogP) is 8.32. The Morgan fingerprint density at radius 1 is 0.464 bits per heavy atom. The number of amidine groups is 1. The summed E-state index contributed by atoms with van der Waals surface area (Å²) in [4.78, 5) is 162. The van der Waals surface area contributed by atoms with Crippen LogP contribution in [0.4, 0.5) is 45.8 Å². The van der Waals surface area contributed by atoms with Gasteiger partial charge in [0.1, 0.15) is 45.6 Å². The number of carbonyl (C=O) groups excluding carboxylic acids is 8. The van der Waals surface area contributed by atoms with Gasteiger partial charge in [-0.3, -0.25) is 48.1 Å². The Morgan fingerprint density at radius 3 is 1.57 bits per heavy atom. The van der Waals surface area contributed by atoms with Gasteiger partial charge in [0.05, 0.1) is 40.2 Å². The molecule has 0 spiro atoms. The summed E-state index contributed by atoms with van der Waals surface area (Å²) in [5.74, 6) is -5.86. The van der Waals surface area contributed by atoms with Crippen LogP contribution in [-0.2, 0) is 56.4 Å². The third-order valence-electron chi connectivity index (χ3n) is 19.6. The minimum atomic E-state index is -1.19. The number of carboxylic acid groups (broad SMARTS) is 1. The van der Waals surface area contributed by atoms with Gasteiger partial charge in [0.25, 0.3) is 47.3 Å². The highest BCUT2D eigenvalue weighted by atomic mass is 32.1. The van der Waals surface area contributed by atoms with E-state index in [1.165, 1.54) is 124 Å². The molecular formula is C83H91N25O16S. The van der Waals surface area contributed by atoms with E-state index in [9.17, 15) is 73.5 Å². The minimum Gasteiger partial charge on any atom is -0.508 e. The van der Waals surface area contributed by atoms with Crippen molar-refractivity contribution in [1.29, 1.82) is 0 Å². The van der Waals surface area contributed by atoms with Crippen LogP contribution in [0.3, 0.4) is 0 Å². The van der Waals surface area contributed by atoms with Gasteiger partial charge in [-0.15, -0.1) is 12.6 Å². The number of aromatic carboxylic acids is 1. The molecule has 8 amide bonds. The van der Waals surface area contributed by atoms with Crippen molar-refractivity contribution in [3.8, 4) is 28.2 Å². The van der Waals surface area contributed by atoms with Gasteiger partial charge in [0.15, 0.2) is 45.7 Å². The number of fused-ring (bicyclic) bond motifs is 2. The van der Waals surface area contributed by atoms with Crippen LogP contribution < -0.4 is 53.3 Å². The maximum Gasteiger partial charge on any atom is 0.336 e. The number of imidazole rings is 3. The molecule has 650 valence electrons. The standard InChI is InChI=1S/C83H91N25O16S/c1-100(29-12-24-89-83(125)95-46-14-17-54(57(31-46)82(122)123)70-55-18-15-52(109)37-63(55)124-64-38-53(110)16-19-56(64)70)28-11-23-86-75(115)58-34-49(41-102(58)3)92-78(118)62-33-48(40-106(62)7)91-68(112)20-25-87-76(116)60-35-50(42-103(60)4)93-77(117)61-32-47(39-105(61)6)90-67(111)13-10-22-85-74(114)59-36-51(43-104(59)5)94-81(121)73-97-65(44-108(73)9)96-69(113)21-26-88-79(119)72-98-66(45-107(72)8)99-80(120)71-84-27-30-101(71)2/h14-19,27,30-45,109H,10-13,20-26,28-29H2,1-9H3,(H,85,114)(H,86,115)(H,87,116)(H,88,119)(H,90,111)(H,91,112)(H,92,118)(H,93,117)(H,94,121)(H,96,113)(H,99,120)(H,122,123)(H2,89,95,125). The number of aromatic hydroxyl groups is 1. The van der Waals surface area contributed by atoms with Crippen molar-refractivity contribution in [3.63, 3.8) is 0 Å². The number of amides is 8. The average Bonchev–Trinajstić information content (AvgIpc) is 1.73. The Balaban J connectivity index is 0.520. The van der Waals surface area contributed by atoms with Crippen molar-refractivity contribution in [2.24, 2.45) is 76.4 Å². The summed E-state index contributed by atoms with van der Waals surface area (Å²) >= 11 is 4.51. The van der Waals surface area contributed by atoms with Gasteiger partial charge >= 0.3 is 5.97 Å². The van der Waals surface area contributed by atoms with Crippen LogP contribution in [0.1, 0.15) is 133 Å². The van der Waals surface area contributed by atoms with Crippen molar-refractivity contribution in [2.45, 2.75) is 38.5 Å². The molecule has 125 heavy (non-hydrogen) atoms. The number of phenols is 1. The average molecular weight is 1730 g/mol. The minimum absolute atomic E-state index is 0.00257. The fourth-order valence-electron chi connectivity index (χ4n) is 13.5. The number of phenolic OH excluding ortho intramolecular Hbond substituents is 1. The first-order valence-corrected chi connectivity index (χ1v) is 39.4. The zero-order chi connectivity index (χ0) is 89.6. The Kier molecular flexibility index (Phi) is 27.9. The zero-order valence-electron chi connectivity index (χ0n) is 69.3. The largest absolute Gasteiger partial charge is 0.508 e. The lowest BCUT2D eigenvalue weighted by molar-refractivity contribution is 0.0695. The summed E-state index contributed by atoms with van der Waals surface area (Å²) in [6, 6.07) is 21.0. The normalized spacial score (nSPS) is 12.0. The molecule has 1 aliphatic carbocycles. The molecule has 0 fully saturated rings. The van der Waals surface area contributed by atoms with Gasteiger partial charge in [-0.05, 0) is 112 Å². The summed E-state index contributed by atoms with van der Waals surface area (Å²) in [7, 11) is 14.9. The summed E-state index contributed by atoms with van der Waals surface area (Å²) in [5, 5.41) is 78.5. The third-order valence-corrected chi connectivity index (χ3v) is 19.9. The maximum absolute atomic E-state index is 13.5. The molecule has 9 heterocycles. The second-order valence-corrected chi connectivity index (χ2v) is 29.7. The van der Waals surface area contributed by atoms with Gasteiger partial charge in [-0.1, -0.05) is 6.07 Å². The molecule has 10 aromatic rings. The van der Waals surface area contributed by atoms with E-state index in [2.05, 4.69) is 100 Å². The molecule has 0 radical (unpaired) electrons. The molecule has 0 atom stereocenters. The lowest BCUT2D eigenvalue weighted by Gasteiger charge is -2.17. The Labute approximate surface area is 717 Å². The van der Waals surface area contributed by atoms with E-state index in [1.807, 2.05) is 7.05 Å². The van der Waals surface area contributed by atoms with Crippen LogP contribution in [0.5, 0.6) is 5.75 Å². The number of nitrogens with zero attached hydrogens (tertiary/aromatic N) is 16. The Hall–Kier alpha value is -15.6. The number of benzene rings is 3. The molecule has 14 N–H and O–H groups in total. The Bertz CT molecular complexity index is 6310. The molecule has 0 saturated heterocycles. The molecule has 0 saturated carbocycles. The van der Waals surface area contributed by atoms with Crippen LogP contribution in [-0.4, -0.2) is 211 Å². The van der Waals surface area contributed by atoms with E-state index in [-0.39, 0.29) is 171 Å². The van der Waals surface area contributed by atoms with E-state index >= 15 is 0 Å². The van der Waals surface area contributed by atoms with Crippen molar-refractivity contribution in [3.05, 3.63) is 202 Å². The quantitative estimate of drug-likeness (QED) is 0.00576. The second-order valence-electron chi connectivity index (χ2n) is 29.3. The van der Waals surface area contributed by atoms with Crippen LogP contribution >= 0.6 is 12.6 Å². The van der Waals surface area contributed by atoms with E-state index < -0.39 is 47.3 Å². The molecule has 1 aliphatic heterocycles. The fourth-order valence-corrected chi connectivity index (χ4v) is 13.8. The highest BCUT2D eigenvalue weighted by Gasteiger charge is 2.27. The van der Waals surface area contributed by atoms with Crippen LogP contribution in [0.2, 0.25) is 0 Å². The van der Waals surface area contributed by atoms with Gasteiger partial charge < -0.3 is 119 Å². The number of thiol groups is 1. The summed E-state index contributed by atoms with van der Waals surface area (Å²) in [6.45, 7) is 2.18. The number of carboxylic acids is 1. The topological polar surface area (TPSA) is 524 Å². The van der Waals surface area contributed by atoms with Crippen molar-refractivity contribution >= 4 is 145 Å². The number of aryl methyl sites for hydroxylation is 8. The molecule has 8 aromatic heterocycles. The third kappa shape index (κ3) is 22.3. The van der Waals surface area contributed by atoms with Crippen molar-refractivity contribution in [2.75, 3.05) is 79.4 Å². The monoisotopic (exact) mass is 1730 g/mol. The summed E-state index contributed by atoms with van der Waals surface area (Å²) in [5.41, 5.74) is 4.35. The number of anilines is 5. The summed E-state index contributed by atoms with van der Waals surface area (Å²) in [6.07, 6.45) is 15.2. The molecule has 2 aliphatic rings. The number of hydrogen-bond acceptors (Lipinski definition) is 20. The van der Waals surface area contributed by atoms with E-state index in [0.29, 0.717) is 83.9 Å². The molecule has 42 heteroatoms. The van der Waals surface area contributed by atoms with Crippen molar-refractivity contribution in [1.82, 2.24) is 77.7 Å². The molecule has 0 bridgehead atoms. The molecular weight excluding hydrogens is 1640 g/mol. The number of aromatic nitrogens is 11. The van der Waals surface area contributed by atoms with Crippen LogP contribution in [0.15, 0.2) is 170 Å². The molecule has 2 aromatic carbocycles. The number of hydrogen-bond donors (Lipinski definition) is 15. The van der Waals surface area contributed by atoms with Gasteiger partial charge in [-0.2, -0.15) is 4.99 Å². The first-order chi connectivity index (χ1) is 59.7. The van der Waals surface area contributed by atoms with Crippen LogP contribution in [0.25, 0.3) is 33.4 Å². The molecule has 0 unspecified atom stereocenters. The number of aliphatic imine (C=N–C) groups is 4. The summed E-state index contributed by atoms with van der Waals surface area (Å²) < 4.78 is 17.9. The number of rotatable bonds is 36. The van der Waals surface area contributed by atoms with Gasteiger partial charge in [-0.25, -0.2) is 29.7 Å². The van der Waals surface area contributed by atoms with Gasteiger partial charge in [0.2, 0.25) is 11.6 Å². The SMILES string of the molecule is CN(CCCN=C(S)Nc1ccc(-c2c3ccc(=O)cc-3oc3cc(O)ccc23)c(C(=O)O)c1)CCCNC(=O)c1cc(NC(=O)c2cc(N=C(O)CCNC(=O)c3cc(NC(=O)c4cc(N=C(O)CCCNC(=O)c5cc(NC(=O)c6nc(N=C(O)CCNC(=O)c7nc(NC(=O)c8nccn8C)cn7C)cn6C)cn5C)cn4C)cn3C)cn2C)cn1C.